The van der Waals surface area contributed by atoms with Gasteiger partial charge >= 0.3 is 12.1 Å². The lowest BCUT2D eigenvalue weighted by Gasteiger charge is -2.22. The van der Waals surface area contributed by atoms with E-state index in [-0.39, 0.29) is 19.1 Å². The van der Waals surface area contributed by atoms with Crippen LogP contribution in [0.2, 0.25) is 0 Å². The third kappa shape index (κ3) is 3.59. The summed E-state index contributed by atoms with van der Waals surface area (Å²) in [4.78, 5) is 24.0. The third-order valence-electron chi connectivity index (χ3n) is 3.11. The van der Waals surface area contributed by atoms with Gasteiger partial charge in [0.15, 0.2) is 6.04 Å². The molecule has 0 radical (unpaired) electrons. The summed E-state index contributed by atoms with van der Waals surface area (Å²) in [6, 6.07) is 8.56. The molecule has 0 fully saturated rings. The molecule has 0 bridgehead atoms. The van der Waals surface area contributed by atoms with Crippen molar-refractivity contribution in [3.8, 4) is 0 Å². The van der Waals surface area contributed by atoms with E-state index >= 15 is 0 Å². The molecule has 1 aliphatic heterocycles. The maximum Gasteiger partial charge on any atom is 0.431 e. The zero-order chi connectivity index (χ0) is 15.2. The summed E-state index contributed by atoms with van der Waals surface area (Å²) in [5.74, 6) is -0.674. The Morgan fingerprint density at radius 2 is 1.95 bits per heavy atom. The van der Waals surface area contributed by atoms with Gasteiger partial charge in [-0.2, -0.15) is 10.1 Å². The van der Waals surface area contributed by atoms with Crippen LogP contribution in [0.4, 0.5) is 4.79 Å². The van der Waals surface area contributed by atoms with Crippen LogP contribution in [0, 0.1) is 5.92 Å². The highest BCUT2D eigenvalue weighted by atomic mass is 16.6. The number of hydrogen-bond acceptors (Lipinski definition) is 5. The van der Waals surface area contributed by atoms with Crippen LogP contribution in [0.25, 0.3) is 0 Å². The molecule has 0 unspecified atom stereocenters. The molecule has 21 heavy (non-hydrogen) atoms. The maximum absolute atomic E-state index is 12.1. The summed E-state index contributed by atoms with van der Waals surface area (Å²) < 4.78 is 10.2. The first-order valence-corrected chi connectivity index (χ1v) is 6.84. The van der Waals surface area contributed by atoms with Crippen molar-refractivity contribution in [2.24, 2.45) is 11.0 Å². The zero-order valence-electron chi connectivity index (χ0n) is 12.1. The molecule has 112 valence electrons. The Hall–Kier alpha value is -2.37. The Morgan fingerprint density at radius 1 is 1.24 bits per heavy atom. The highest BCUT2D eigenvalue weighted by Gasteiger charge is 2.40. The van der Waals surface area contributed by atoms with Crippen LogP contribution in [0.3, 0.4) is 0 Å². The molecule has 0 N–H and O–H groups in total. The van der Waals surface area contributed by atoms with Gasteiger partial charge in [0.05, 0.1) is 6.61 Å². The lowest BCUT2D eigenvalue weighted by Crippen LogP contribution is -2.43. The molecular formula is C15H18N2O4. The van der Waals surface area contributed by atoms with E-state index in [0.717, 1.165) is 10.6 Å². The second-order valence-corrected chi connectivity index (χ2v) is 4.71. The Morgan fingerprint density at radius 3 is 2.62 bits per heavy atom. The van der Waals surface area contributed by atoms with Gasteiger partial charge in [-0.25, -0.2) is 9.59 Å². The van der Waals surface area contributed by atoms with Crippen LogP contribution in [0.5, 0.6) is 0 Å². The number of benzene rings is 1. The topological polar surface area (TPSA) is 68.2 Å². The summed E-state index contributed by atoms with van der Waals surface area (Å²) in [6.07, 6.45) is 0.892. The molecule has 0 aliphatic carbocycles. The van der Waals surface area contributed by atoms with E-state index in [1.54, 1.807) is 20.1 Å². The van der Waals surface area contributed by atoms with Gasteiger partial charge in [0.1, 0.15) is 6.61 Å². The summed E-state index contributed by atoms with van der Waals surface area (Å²) >= 11 is 0. The van der Waals surface area contributed by atoms with Crippen molar-refractivity contribution in [3.63, 3.8) is 0 Å². The highest BCUT2D eigenvalue weighted by Crippen LogP contribution is 2.20. The van der Waals surface area contributed by atoms with Gasteiger partial charge in [-0.15, -0.1) is 0 Å². The fourth-order valence-electron chi connectivity index (χ4n) is 2.04. The van der Waals surface area contributed by atoms with Crippen LogP contribution in [-0.4, -0.2) is 35.9 Å². The minimum atomic E-state index is -0.756. The van der Waals surface area contributed by atoms with Gasteiger partial charge in [-0.05, 0) is 12.5 Å². The third-order valence-corrected chi connectivity index (χ3v) is 3.11. The molecule has 1 heterocycles. The number of amides is 1. The van der Waals surface area contributed by atoms with Gasteiger partial charge < -0.3 is 9.47 Å². The number of carbonyl (C=O) groups is 2. The number of carbonyl (C=O) groups excluding carboxylic acids is 2. The van der Waals surface area contributed by atoms with Crippen molar-refractivity contribution in [1.82, 2.24) is 5.01 Å². The Kier molecular flexibility index (Phi) is 4.92. The first kappa shape index (κ1) is 15.0. The standard InChI is InChI=1S/C15H18N2O4/c1-3-20-14(18)13-11(2)9-16-17(13)15(19)21-10-12-7-5-4-6-8-12/h4-9,11,13H,3,10H2,1-2H3/t11-,13-/m0/s1. The predicted molar refractivity (Wildman–Crippen MR) is 76.5 cm³/mol. The Balaban J connectivity index is 1.97. The minimum Gasteiger partial charge on any atom is -0.464 e. The Labute approximate surface area is 123 Å². The van der Waals surface area contributed by atoms with Crippen LogP contribution < -0.4 is 0 Å². The average molecular weight is 290 g/mol. The molecule has 1 aliphatic rings. The summed E-state index contributed by atoms with van der Waals surface area (Å²) in [6.45, 7) is 3.91. The summed E-state index contributed by atoms with van der Waals surface area (Å²) in [5.41, 5.74) is 0.870. The quantitative estimate of drug-likeness (QED) is 0.797. The fourth-order valence-corrected chi connectivity index (χ4v) is 2.04. The van der Waals surface area contributed by atoms with Gasteiger partial charge in [0, 0.05) is 12.1 Å². The normalized spacial score (nSPS) is 20.4. The van der Waals surface area contributed by atoms with Crippen LogP contribution in [0.1, 0.15) is 19.4 Å². The van der Waals surface area contributed by atoms with Gasteiger partial charge in [-0.1, -0.05) is 37.3 Å². The van der Waals surface area contributed by atoms with Gasteiger partial charge in [0.25, 0.3) is 0 Å². The molecule has 1 aromatic rings. The molecule has 0 aromatic heterocycles. The van der Waals surface area contributed by atoms with Crippen LogP contribution in [-0.2, 0) is 20.9 Å². The number of hydrogen-bond donors (Lipinski definition) is 0. The van der Waals surface area contributed by atoms with Crippen molar-refractivity contribution < 1.29 is 19.1 Å². The monoisotopic (exact) mass is 290 g/mol. The fraction of sp³-hybridized carbons (Fsp3) is 0.400. The lowest BCUT2D eigenvalue weighted by molar-refractivity contribution is -0.149. The average Bonchev–Trinajstić information content (AvgIpc) is 2.88. The maximum atomic E-state index is 12.1. The van der Waals surface area contributed by atoms with E-state index in [2.05, 4.69) is 5.10 Å². The first-order chi connectivity index (χ1) is 10.1. The van der Waals surface area contributed by atoms with E-state index < -0.39 is 18.1 Å². The molecule has 6 heteroatoms. The van der Waals surface area contributed by atoms with Crippen LogP contribution in [0.15, 0.2) is 35.4 Å². The molecule has 2 rings (SSSR count). The second-order valence-electron chi connectivity index (χ2n) is 4.71. The predicted octanol–water partition coefficient (Wildman–Crippen LogP) is 2.19. The molecule has 0 saturated heterocycles. The molecule has 1 amide bonds. The molecule has 1 aromatic carbocycles. The number of rotatable bonds is 4. The number of ether oxygens (including phenoxy) is 2. The largest absolute Gasteiger partial charge is 0.464 e. The smallest absolute Gasteiger partial charge is 0.431 e. The van der Waals surface area contributed by atoms with E-state index in [1.165, 1.54) is 0 Å². The van der Waals surface area contributed by atoms with Crippen LogP contribution >= 0.6 is 0 Å². The summed E-state index contributed by atoms with van der Waals surface area (Å²) in [7, 11) is 0. The molecule has 0 saturated carbocycles. The SMILES string of the molecule is CCOC(=O)[C@@H]1[C@@H](C)C=NN1C(=O)OCc1ccccc1. The lowest BCUT2D eigenvalue weighted by atomic mass is 10.1. The minimum absolute atomic E-state index is 0.135. The van der Waals surface area contributed by atoms with E-state index in [1.807, 2.05) is 30.3 Å². The second kappa shape index (κ2) is 6.88. The molecule has 2 atom stereocenters. The highest BCUT2D eigenvalue weighted by molar-refractivity contribution is 5.88. The van der Waals surface area contributed by atoms with Crippen molar-refractivity contribution in [2.45, 2.75) is 26.5 Å². The number of hydrazone groups is 1. The van der Waals surface area contributed by atoms with E-state index in [0.29, 0.717) is 0 Å². The molecule has 0 spiro atoms. The summed E-state index contributed by atoms with van der Waals surface area (Å²) in [5, 5.41) is 4.99. The van der Waals surface area contributed by atoms with Gasteiger partial charge in [0.2, 0.25) is 0 Å². The first-order valence-electron chi connectivity index (χ1n) is 6.84. The van der Waals surface area contributed by atoms with Gasteiger partial charge in [-0.3, -0.25) is 0 Å². The van der Waals surface area contributed by atoms with Crippen molar-refractivity contribution >= 4 is 18.3 Å². The zero-order valence-corrected chi connectivity index (χ0v) is 12.1. The number of nitrogens with zero attached hydrogens (tertiary/aromatic N) is 2. The Bertz CT molecular complexity index is 530. The van der Waals surface area contributed by atoms with Crippen molar-refractivity contribution in [3.05, 3.63) is 35.9 Å². The number of esters is 1. The molecule has 6 nitrogen and oxygen atoms in total. The van der Waals surface area contributed by atoms with Crippen molar-refractivity contribution in [2.75, 3.05) is 6.61 Å². The van der Waals surface area contributed by atoms with E-state index in [4.69, 9.17) is 9.47 Å². The van der Waals surface area contributed by atoms with E-state index in [9.17, 15) is 9.59 Å². The molecular weight excluding hydrogens is 272 g/mol. The van der Waals surface area contributed by atoms with Crippen molar-refractivity contribution in [1.29, 1.82) is 0 Å².